The zero-order chi connectivity index (χ0) is 21.5. The fraction of sp³-hybridized carbons (Fsp3) is 0.263. The van der Waals surface area contributed by atoms with Gasteiger partial charge in [0.2, 0.25) is 5.91 Å². The number of aliphatic imine (C=N–C) groups is 1. The number of nitrogens with zero attached hydrogens (tertiary/aromatic N) is 2. The van der Waals surface area contributed by atoms with Crippen molar-refractivity contribution in [3.05, 3.63) is 57.8 Å². The maximum atomic E-state index is 14.7. The van der Waals surface area contributed by atoms with Crippen LogP contribution < -0.4 is 10.2 Å². The van der Waals surface area contributed by atoms with Crippen molar-refractivity contribution in [1.29, 1.82) is 0 Å². The standard InChI is InChI=1S/C19H16BrClFN3O3S2/c20-11-4-5-16(14(22)6-11)25-17-10-30(27,28)9-15(17)24-19(25)29-8-18(26)23-13-3-1-2-12(21)7-13/h1-7,15,17H,8-10H2,(H,23,26)/t15-,17+/m1/s1. The summed E-state index contributed by atoms with van der Waals surface area (Å²) in [5, 5.41) is 3.69. The fourth-order valence-corrected chi connectivity index (χ4v) is 6.77. The van der Waals surface area contributed by atoms with Gasteiger partial charge in [-0.25, -0.2) is 12.8 Å². The van der Waals surface area contributed by atoms with Crippen LogP contribution in [-0.2, 0) is 14.6 Å². The van der Waals surface area contributed by atoms with E-state index in [0.29, 0.717) is 20.4 Å². The van der Waals surface area contributed by atoms with Gasteiger partial charge in [-0.3, -0.25) is 9.79 Å². The summed E-state index contributed by atoms with van der Waals surface area (Å²) in [5.41, 5.74) is 0.810. The molecule has 0 aliphatic carbocycles. The normalized spacial score (nSPS) is 22.0. The highest BCUT2D eigenvalue weighted by molar-refractivity contribution is 9.10. The number of amidine groups is 1. The van der Waals surface area contributed by atoms with Gasteiger partial charge in [0.1, 0.15) is 5.82 Å². The Morgan fingerprint density at radius 3 is 2.83 bits per heavy atom. The molecule has 2 atom stereocenters. The van der Waals surface area contributed by atoms with E-state index >= 15 is 0 Å². The molecule has 30 heavy (non-hydrogen) atoms. The van der Waals surface area contributed by atoms with Crippen molar-refractivity contribution in [3.8, 4) is 0 Å². The molecule has 1 N–H and O–H groups in total. The Labute approximate surface area is 190 Å². The first-order valence-electron chi connectivity index (χ1n) is 8.92. The van der Waals surface area contributed by atoms with E-state index in [2.05, 4.69) is 26.2 Å². The minimum Gasteiger partial charge on any atom is -0.325 e. The number of hydrogen-bond donors (Lipinski definition) is 1. The average molecular weight is 533 g/mol. The summed E-state index contributed by atoms with van der Waals surface area (Å²) < 4.78 is 39.4. The smallest absolute Gasteiger partial charge is 0.234 e. The van der Waals surface area contributed by atoms with Crippen LogP contribution in [0.4, 0.5) is 15.8 Å². The number of hydrogen-bond acceptors (Lipinski definition) is 6. The van der Waals surface area contributed by atoms with Gasteiger partial charge in [-0.2, -0.15) is 0 Å². The molecule has 158 valence electrons. The molecule has 2 aromatic carbocycles. The summed E-state index contributed by atoms with van der Waals surface area (Å²) in [6.45, 7) is 0. The Kier molecular flexibility index (Phi) is 6.11. The molecule has 2 aliphatic rings. The SMILES string of the molecule is O=C(CSC1=N[C@@H]2CS(=O)(=O)C[C@@H]2N1c1ccc(Br)cc1F)Nc1cccc(Cl)c1. The minimum atomic E-state index is -3.25. The van der Waals surface area contributed by atoms with Crippen LogP contribution in [0.25, 0.3) is 0 Å². The van der Waals surface area contributed by atoms with E-state index in [1.165, 1.54) is 6.07 Å². The first kappa shape index (κ1) is 21.6. The van der Waals surface area contributed by atoms with Gasteiger partial charge >= 0.3 is 0 Å². The van der Waals surface area contributed by atoms with Crippen LogP contribution in [0, 0.1) is 5.82 Å². The minimum absolute atomic E-state index is 0.0339. The second-order valence-corrected chi connectivity index (χ2v) is 11.4. The van der Waals surface area contributed by atoms with Crippen LogP contribution in [0.15, 0.2) is 51.9 Å². The number of sulfone groups is 1. The molecular weight excluding hydrogens is 517 g/mol. The predicted molar refractivity (Wildman–Crippen MR) is 123 cm³/mol. The van der Waals surface area contributed by atoms with Crippen molar-refractivity contribution in [3.63, 3.8) is 0 Å². The molecule has 2 aliphatic heterocycles. The molecule has 11 heteroatoms. The van der Waals surface area contributed by atoms with Crippen LogP contribution in [0.3, 0.4) is 0 Å². The molecule has 1 saturated heterocycles. The van der Waals surface area contributed by atoms with E-state index in [1.807, 2.05) is 0 Å². The third-order valence-corrected chi connectivity index (χ3v) is 8.11. The number of anilines is 2. The molecule has 2 heterocycles. The van der Waals surface area contributed by atoms with Gasteiger partial charge in [-0.05, 0) is 36.4 Å². The molecule has 1 fully saturated rings. The largest absolute Gasteiger partial charge is 0.325 e. The quantitative estimate of drug-likeness (QED) is 0.645. The number of nitrogens with one attached hydrogen (secondary N) is 1. The predicted octanol–water partition coefficient (Wildman–Crippen LogP) is 3.96. The Balaban J connectivity index is 1.53. The molecule has 0 radical (unpaired) electrons. The van der Waals surface area contributed by atoms with Gasteiger partial charge in [0, 0.05) is 15.2 Å². The van der Waals surface area contributed by atoms with Crippen LogP contribution in [0.1, 0.15) is 0 Å². The van der Waals surface area contributed by atoms with E-state index < -0.39 is 27.7 Å². The lowest BCUT2D eigenvalue weighted by Gasteiger charge is -2.26. The topological polar surface area (TPSA) is 78.8 Å². The van der Waals surface area contributed by atoms with E-state index in [0.717, 1.165) is 11.8 Å². The number of carbonyl (C=O) groups excluding carboxylic acids is 1. The molecule has 0 spiro atoms. The maximum Gasteiger partial charge on any atom is 0.234 e. The van der Waals surface area contributed by atoms with Crippen LogP contribution in [0.2, 0.25) is 5.02 Å². The Bertz CT molecular complexity index is 1150. The summed E-state index contributed by atoms with van der Waals surface area (Å²) in [5.74, 6) is -0.913. The lowest BCUT2D eigenvalue weighted by molar-refractivity contribution is -0.113. The van der Waals surface area contributed by atoms with Gasteiger partial charge in [0.25, 0.3) is 0 Å². The number of carbonyl (C=O) groups is 1. The van der Waals surface area contributed by atoms with Gasteiger partial charge in [0.15, 0.2) is 15.0 Å². The molecule has 0 unspecified atom stereocenters. The Morgan fingerprint density at radius 2 is 2.10 bits per heavy atom. The van der Waals surface area contributed by atoms with Crippen molar-refractivity contribution in [2.75, 3.05) is 27.5 Å². The first-order valence-corrected chi connectivity index (χ1v) is 12.9. The summed E-state index contributed by atoms with van der Waals surface area (Å²) >= 11 is 10.3. The lowest BCUT2D eigenvalue weighted by Crippen LogP contribution is -2.40. The number of benzene rings is 2. The van der Waals surface area contributed by atoms with Gasteiger partial charge < -0.3 is 10.2 Å². The number of amides is 1. The van der Waals surface area contributed by atoms with Gasteiger partial charge in [-0.1, -0.05) is 45.4 Å². The van der Waals surface area contributed by atoms with Crippen LogP contribution in [-0.4, -0.2) is 48.8 Å². The van der Waals surface area contributed by atoms with Crippen LogP contribution in [0.5, 0.6) is 0 Å². The molecule has 2 aromatic rings. The molecule has 0 saturated carbocycles. The highest BCUT2D eigenvalue weighted by Gasteiger charge is 2.47. The molecule has 6 nitrogen and oxygen atoms in total. The van der Waals surface area contributed by atoms with Crippen molar-refractivity contribution in [1.82, 2.24) is 0 Å². The Hall–Kier alpha value is -1.62. The van der Waals surface area contributed by atoms with Crippen molar-refractivity contribution in [2.24, 2.45) is 4.99 Å². The highest BCUT2D eigenvalue weighted by atomic mass is 79.9. The average Bonchev–Trinajstić information content (AvgIpc) is 3.11. The summed E-state index contributed by atoms with van der Waals surface area (Å²) in [6.07, 6.45) is 0. The second kappa shape index (κ2) is 8.49. The second-order valence-electron chi connectivity index (χ2n) is 6.94. The number of rotatable bonds is 4. The van der Waals surface area contributed by atoms with Crippen molar-refractivity contribution < 1.29 is 17.6 Å². The van der Waals surface area contributed by atoms with Crippen molar-refractivity contribution >= 4 is 71.6 Å². The monoisotopic (exact) mass is 531 g/mol. The first-order chi connectivity index (χ1) is 14.2. The third kappa shape index (κ3) is 4.66. The fourth-order valence-electron chi connectivity index (χ4n) is 3.48. The lowest BCUT2D eigenvalue weighted by atomic mass is 10.1. The van der Waals surface area contributed by atoms with E-state index in [1.54, 1.807) is 41.3 Å². The molecule has 0 aromatic heterocycles. The zero-order valence-electron chi connectivity index (χ0n) is 15.4. The number of fused-ring (bicyclic) bond motifs is 1. The third-order valence-electron chi connectivity index (χ3n) is 4.72. The van der Waals surface area contributed by atoms with E-state index in [9.17, 15) is 17.6 Å². The van der Waals surface area contributed by atoms with Crippen LogP contribution >= 0.6 is 39.3 Å². The van der Waals surface area contributed by atoms with Gasteiger partial charge in [-0.15, -0.1) is 0 Å². The summed E-state index contributed by atoms with van der Waals surface area (Å²) in [7, 11) is -3.25. The molecular formula is C19H16BrClFN3O3S2. The molecule has 0 bridgehead atoms. The highest BCUT2D eigenvalue weighted by Crippen LogP contribution is 2.37. The molecule has 4 rings (SSSR count). The molecule has 1 amide bonds. The van der Waals surface area contributed by atoms with Crippen molar-refractivity contribution in [2.45, 2.75) is 12.1 Å². The van der Waals surface area contributed by atoms with E-state index in [-0.39, 0.29) is 28.9 Å². The number of thioether (sulfide) groups is 1. The van der Waals surface area contributed by atoms with Gasteiger partial charge in [0.05, 0.1) is 35.0 Å². The van der Waals surface area contributed by atoms with E-state index in [4.69, 9.17) is 11.6 Å². The number of halogens is 3. The maximum absolute atomic E-state index is 14.7. The summed E-state index contributed by atoms with van der Waals surface area (Å²) in [6, 6.07) is 10.4. The Morgan fingerprint density at radius 1 is 1.30 bits per heavy atom. The zero-order valence-corrected chi connectivity index (χ0v) is 19.4. The summed E-state index contributed by atoms with van der Waals surface area (Å²) in [4.78, 5) is 18.5.